The highest BCUT2D eigenvalue weighted by atomic mass is 15.0. The molecule has 9 aromatic carbocycles. The van der Waals surface area contributed by atoms with Crippen molar-refractivity contribution >= 4 is 32.6 Å². The van der Waals surface area contributed by atoms with E-state index in [0.717, 1.165) is 5.69 Å². The zero-order valence-corrected chi connectivity index (χ0v) is 29.2. The van der Waals surface area contributed by atoms with Crippen molar-refractivity contribution in [3.8, 4) is 61.3 Å². The van der Waals surface area contributed by atoms with E-state index in [1.54, 1.807) is 0 Å². The van der Waals surface area contributed by atoms with Crippen molar-refractivity contribution in [3.05, 3.63) is 212 Å². The SMILES string of the molecule is c1ccc(-c2ccccc2-c2ccc3c(c2)c2cc(-c4ccccc4-c4ccccc4)ccc2n3-c2ccc(-c3cccc4ccccc34)cc2)cc1. The molecule has 0 amide bonds. The Morgan fingerprint density at radius 1 is 0.245 bits per heavy atom. The van der Waals surface area contributed by atoms with Gasteiger partial charge in [0.25, 0.3) is 0 Å². The number of rotatable bonds is 6. The minimum absolute atomic E-state index is 1.14. The Bertz CT molecular complexity index is 2770. The number of nitrogens with zero attached hydrogens (tertiary/aromatic N) is 1. The second-order valence-electron chi connectivity index (χ2n) is 13.7. The molecule has 1 aromatic heterocycles. The van der Waals surface area contributed by atoms with Crippen LogP contribution in [0.1, 0.15) is 0 Å². The lowest BCUT2D eigenvalue weighted by molar-refractivity contribution is 1.18. The first-order valence-electron chi connectivity index (χ1n) is 18.3. The van der Waals surface area contributed by atoms with Crippen molar-refractivity contribution in [2.45, 2.75) is 0 Å². The van der Waals surface area contributed by atoms with Crippen LogP contribution in [0.2, 0.25) is 0 Å². The molecule has 0 N–H and O–H groups in total. The second kappa shape index (κ2) is 13.0. The van der Waals surface area contributed by atoms with E-state index >= 15 is 0 Å². The van der Waals surface area contributed by atoms with Crippen molar-refractivity contribution in [3.63, 3.8) is 0 Å². The minimum Gasteiger partial charge on any atom is -0.309 e. The van der Waals surface area contributed by atoms with Crippen LogP contribution in [0.3, 0.4) is 0 Å². The molecule has 0 aliphatic carbocycles. The molecular weight excluding hydrogens is 639 g/mol. The molecule has 0 fully saturated rings. The van der Waals surface area contributed by atoms with Gasteiger partial charge in [-0.05, 0) is 103 Å². The fraction of sp³-hybridized carbons (Fsp3) is 0. The molecule has 0 saturated carbocycles. The van der Waals surface area contributed by atoms with E-state index in [-0.39, 0.29) is 0 Å². The fourth-order valence-electron chi connectivity index (χ4n) is 8.11. The number of benzene rings is 9. The molecule has 0 bridgehead atoms. The zero-order valence-electron chi connectivity index (χ0n) is 29.2. The first-order chi connectivity index (χ1) is 26.3. The largest absolute Gasteiger partial charge is 0.309 e. The minimum atomic E-state index is 1.14. The average molecular weight is 674 g/mol. The van der Waals surface area contributed by atoms with E-state index in [2.05, 4.69) is 217 Å². The number of fused-ring (bicyclic) bond motifs is 4. The van der Waals surface area contributed by atoms with E-state index < -0.39 is 0 Å². The van der Waals surface area contributed by atoms with Crippen molar-refractivity contribution in [1.82, 2.24) is 4.57 Å². The van der Waals surface area contributed by atoms with Crippen molar-refractivity contribution in [2.24, 2.45) is 0 Å². The summed E-state index contributed by atoms with van der Waals surface area (Å²) in [4.78, 5) is 0. The van der Waals surface area contributed by atoms with Crippen LogP contribution in [0.4, 0.5) is 0 Å². The van der Waals surface area contributed by atoms with Crippen LogP contribution in [0, 0.1) is 0 Å². The Morgan fingerprint density at radius 2 is 0.642 bits per heavy atom. The average Bonchev–Trinajstić information content (AvgIpc) is 3.57. The van der Waals surface area contributed by atoms with E-state index in [1.165, 1.54) is 88.2 Å². The Kier molecular flexibility index (Phi) is 7.55. The molecule has 10 rings (SSSR count). The predicted octanol–water partition coefficient (Wildman–Crippen LogP) is 14.3. The third-order valence-corrected chi connectivity index (χ3v) is 10.6. The quantitative estimate of drug-likeness (QED) is 0.166. The topological polar surface area (TPSA) is 4.93 Å². The molecule has 0 radical (unpaired) electrons. The van der Waals surface area contributed by atoms with Gasteiger partial charge in [0.15, 0.2) is 0 Å². The van der Waals surface area contributed by atoms with Gasteiger partial charge in [0.2, 0.25) is 0 Å². The third kappa shape index (κ3) is 5.42. The molecule has 0 saturated heterocycles. The highest BCUT2D eigenvalue weighted by molar-refractivity contribution is 6.12. The van der Waals surface area contributed by atoms with Crippen LogP contribution in [0.15, 0.2) is 212 Å². The summed E-state index contributed by atoms with van der Waals surface area (Å²) in [5, 5.41) is 4.99. The predicted molar refractivity (Wildman–Crippen MR) is 225 cm³/mol. The Hall–Kier alpha value is -6.96. The molecule has 1 nitrogen and oxygen atoms in total. The van der Waals surface area contributed by atoms with Crippen LogP contribution < -0.4 is 0 Å². The molecule has 248 valence electrons. The monoisotopic (exact) mass is 673 g/mol. The van der Waals surface area contributed by atoms with Crippen molar-refractivity contribution in [1.29, 1.82) is 0 Å². The maximum atomic E-state index is 2.43. The zero-order chi connectivity index (χ0) is 35.1. The van der Waals surface area contributed by atoms with Gasteiger partial charge in [-0.25, -0.2) is 0 Å². The lowest BCUT2D eigenvalue weighted by atomic mass is 9.92. The van der Waals surface area contributed by atoms with E-state index in [4.69, 9.17) is 0 Å². The Labute approximate surface area is 309 Å². The summed E-state index contributed by atoms with van der Waals surface area (Å²) in [7, 11) is 0. The molecule has 53 heavy (non-hydrogen) atoms. The van der Waals surface area contributed by atoms with Crippen LogP contribution >= 0.6 is 0 Å². The highest BCUT2D eigenvalue weighted by Gasteiger charge is 2.17. The van der Waals surface area contributed by atoms with Gasteiger partial charge in [-0.15, -0.1) is 0 Å². The third-order valence-electron chi connectivity index (χ3n) is 10.6. The number of aromatic nitrogens is 1. The lowest BCUT2D eigenvalue weighted by Crippen LogP contribution is -1.94. The van der Waals surface area contributed by atoms with Gasteiger partial charge in [0.05, 0.1) is 11.0 Å². The number of hydrogen-bond donors (Lipinski definition) is 0. The van der Waals surface area contributed by atoms with Crippen molar-refractivity contribution in [2.75, 3.05) is 0 Å². The van der Waals surface area contributed by atoms with E-state index in [1.807, 2.05) is 0 Å². The molecule has 1 heterocycles. The normalized spacial score (nSPS) is 11.4. The summed E-state index contributed by atoms with van der Waals surface area (Å²) in [6.45, 7) is 0. The highest BCUT2D eigenvalue weighted by Crippen LogP contribution is 2.41. The molecule has 1 heteroatoms. The molecule has 0 aliphatic rings. The summed E-state index contributed by atoms with van der Waals surface area (Å²) in [6, 6.07) is 77.2. The van der Waals surface area contributed by atoms with Crippen molar-refractivity contribution < 1.29 is 0 Å². The van der Waals surface area contributed by atoms with Crippen LogP contribution in [-0.4, -0.2) is 4.57 Å². The molecule has 10 aromatic rings. The smallest absolute Gasteiger partial charge is 0.0541 e. The van der Waals surface area contributed by atoms with E-state index in [0.29, 0.717) is 0 Å². The molecule has 0 spiro atoms. The standard InChI is InChI=1S/C52H35N/c1-3-14-36(15-4-1)44-21-9-11-23-47(44)40-28-32-51-49(34-40)50-35-41(48-24-12-10-22-45(48)37-16-5-2-6-17-37)29-33-52(50)53(51)42-30-26-39(27-31-42)46-25-13-19-38-18-7-8-20-43(38)46/h1-35H. The van der Waals surface area contributed by atoms with Gasteiger partial charge in [-0.2, -0.15) is 0 Å². The Balaban J connectivity index is 1.18. The van der Waals surface area contributed by atoms with Gasteiger partial charge in [0, 0.05) is 16.5 Å². The van der Waals surface area contributed by atoms with Gasteiger partial charge >= 0.3 is 0 Å². The molecular formula is C52H35N. The first-order valence-corrected chi connectivity index (χ1v) is 18.3. The van der Waals surface area contributed by atoms with Crippen LogP contribution in [-0.2, 0) is 0 Å². The van der Waals surface area contributed by atoms with Crippen LogP contribution in [0.5, 0.6) is 0 Å². The Morgan fingerprint density at radius 3 is 1.19 bits per heavy atom. The number of hydrogen-bond acceptors (Lipinski definition) is 0. The van der Waals surface area contributed by atoms with Gasteiger partial charge < -0.3 is 4.57 Å². The maximum absolute atomic E-state index is 2.43. The summed E-state index contributed by atoms with van der Waals surface area (Å²) in [6.07, 6.45) is 0. The summed E-state index contributed by atoms with van der Waals surface area (Å²) < 4.78 is 2.43. The summed E-state index contributed by atoms with van der Waals surface area (Å²) >= 11 is 0. The first kappa shape index (κ1) is 30.8. The second-order valence-corrected chi connectivity index (χ2v) is 13.7. The molecule has 0 atom stereocenters. The fourth-order valence-corrected chi connectivity index (χ4v) is 8.11. The van der Waals surface area contributed by atoms with Gasteiger partial charge in [-0.3, -0.25) is 0 Å². The molecule has 0 aliphatic heterocycles. The summed E-state index contributed by atoms with van der Waals surface area (Å²) in [5.74, 6) is 0. The van der Waals surface area contributed by atoms with E-state index in [9.17, 15) is 0 Å². The van der Waals surface area contributed by atoms with Gasteiger partial charge in [-0.1, -0.05) is 176 Å². The van der Waals surface area contributed by atoms with Crippen LogP contribution in [0.25, 0.3) is 93.9 Å². The van der Waals surface area contributed by atoms with Gasteiger partial charge in [0.1, 0.15) is 0 Å². The molecule has 0 unspecified atom stereocenters. The summed E-state index contributed by atoms with van der Waals surface area (Å²) in [5.41, 5.74) is 15.8. The maximum Gasteiger partial charge on any atom is 0.0541 e. The lowest BCUT2D eigenvalue weighted by Gasteiger charge is -2.12.